The molecule has 1 fully saturated rings. The number of rotatable bonds is 5. The fraction of sp³-hybridized carbons (Fsp3) is 0.467. The van der Waals surface area contributed by atoms with Crippen LogP contribution in [-0.4, -0.2) is 19.8 Å². The molecule has 0 bridgehead atoms. The Morgan fingerprint density at radius 3 is 2.68 bits per heavy atom. The molecule has 0 atom stereocenters. The van der Waals surface area contributed by atoms with Crippen molar-refractivity contribution in [2.45, 2.75) is 31.8 Å². The Morgan fingerprint density at radius 2 is 2.05 bits per heavy atom. The minimum Gasteiger partial charge on any atom is -0.493 e. The van der Waals surface area contributed by atoms with Crippen LogP contribution in [0.15, 0.2) is 22.7 Å². The first kappa shape index (κ1) is 14.4. The van der Waals surface area contributed by atoms with Crippen molar-refractivity contribution in [3.8, 4) is 11.5 Å². The maximum Gasteiger partial charge on any atom is 0.162 e. The van der Waals surface area contributed by atoms with Gasteiger partial charge in [-0.3, -0.25) is 0 Å². The van der Waals surface area contributed by atoms with Crippen LogP contribution < -0.4 is 15.2 Å². The van der Waals surface area contributed by atoms with Gasteiger partial charge in [0.1, 0.15) is 0 Å². The van der Waals surface area contributed by atoms with Crippen molar-refractivity contribution < 1.29 is 9.47 Å². The van der Waals surface area contributed by atoms with Crippen molar-refractivity contribution >= 4 is 22.0 Å². The van der Waals surface area contributed by atoms with Gasteiger partial charge in [0.25, 0.3) is 0 Å². The van der Waals surface area contributed by atoms with Gasteiger partial charge in [0.05, 0.1) is 13.2 Å². The maximum atomic E-state index is 6.03. The fourth-order valence-electron chi connectivity index (χ4n) is 2.31. The average Bonchev–Trinajstić information content (AvgIpc) is 2.91. The van der Waals surface area contributed by atoms with Gasteiger partial charge < -0.3 is 15.2 Å². The molecule has 4 heteroatoms. The van der Waals surface area contributed by atoms with Crippen LogP contribution in [0.1, 0.15) is 31.2 Å². The molecule has 19 heavy (non-hydrogen) atoms. The molecule has 0 amide bonds. The van der Waals surface area contributed by atoms with Gasteiger partial charge in [-0.15, -0.1) is 0 Å². The quantitative estimate of drug-likeness (QED) is 0.896. The summed E-state index contributed by atoms with van der Waals surface area (Å²) in [5.74, 6) is 1.58. The van der Waals surface area contributed by atoms with Crippen LogP contribution in [0.3, 0.4) is 0 Å². The van der Waals surface area contributed by atoms with E-state index in [0.29, 0.717) is 12.6 Å². The molecule has 104 valence electrons. The molecule has 3 nitrogen and oxygen atoms in total. The number of hydrogen-bond acceptors (Lipinski definition) is 3. The lowest BCUT2D eigenvalue weighted by Gasteiger charge is -2.17. The molecule has 0 aliphatic heterocycles. The van der Waals surface area contributed by atoms with Crippen LogP contribution in [0, 0.1) is 0 Å². The molecular formula is C15H20BrNO2. The van der Waals surface area contributed by atoms with Gasteiger partial charge in [0, 0.05) is 11.0 Å². The largest absolute Gasteiger partial charge is 0.493 e. The first-order valence-electron chi connectivity index (χ1n) is 6.65. The van der Waals surface area contributed by atoms with E-state index in [1.54, 1.807) is 7.11 Å². The van der Waals surface area contributed by atoms with E-state index in [0.717, 1.165) is 34.4 Å². The van der Waals surface area contributed by atoms with Crippen LogP contribution in [0.5, 0.6) is 11.5 Å². The van der Waals surface area contributed by atoms with E-state index in [4.69, 9.17) is 15.2 Å². The van der Waals surface area contributed by atoms with Crippen molar-refractivity contribution in [2.24, 2.45) is 5.73 Å². The van der Waals surface area contributed by atoms with Gasteiger partial charge in [-0.25, -0.2) is 0 Å². The molecule has 0 saturated heterocycles. The van der Waals surface area contributed by atoms with Gasteiger partial charge in [-0.05, 0) is 43.4 Å². The monoisotopic (exact) mass is 325 g/mol. The fourth-order valence-corrected chi connectivity index (χ4v) is 2.77. The van der Waals surface area contributed by atoms with Gasteiger partial charge in [-0.1, -0.05) is 28.1 Å². The minimum absolute atomic E-state index is 0.325. The third-order valence-corrected chi connectivity index (χ3v) is 4.00. The smallest absolute Gasteiger partial charge is 0.162 e. The second kappa shape index (κ2) is 6.96. The first-order valence-corrected chi connectivity index (χ1v) is 7.44. The number of methoxy groups -OCH3 is 1. The minimum atomic E-state index is 0.325. The average molecular weight is 326 g/mol. The number of nitrogens with two attached hydrogens (primary N) is 1. The third-order valence-electron chi connectivity index (χ3n) is 3.31. The number of halogens is 1. The Balaban J connectivity index is 2.22. The highest BCUT2D eigenvalue weighted by molar-refractivity contribution is 9.10. The normalized spacial score (nSPS) is 16.2. The highest BCUT2D eigenvalue weighted by Gasteiger charge is 2.19. The summed E-state index contributed by atoms with van der Waals surface area (Å²) >= 11 is 3.56. The number of hydrogen-bond donors (Lipinski definition) is 1. The van der Waals surface area contributed by atoms with E-state index in [1.165, 1.54) is 12.8 Å². The summed E-state index contributed by atoms with van der Waals surface area (Å²) in [5, 5.41) is 0. The SMILES string of the molecule is COc1cc(/C=C/CN)c(Br)cc1OC1CCCC1. The number of ether oxygens (including phenoxy) is 2. The molecule has 2 N–H and O–H groups in total. The van der Waals surface area contributed by atoms with Crippen LogP contribution in [0.2, 0.25) is 0 Å². The molecule has 0 radical (unpaired) electrons. The Hall–Kier alpha value is -1.00. The molecule has 0 spiro atoms. The van der Waals surface area contributed by atoms with E-state index >= 15 is 0 Å². The van der Waals surface area contributed by atoms with E-state index in [9.17, 15) is 0 Å². The second-order valence-corrected chi connectivity index (χ2v) is 5.54. The Bertz CT molecular complexity index is 454. The van der Waals surface area contributed by atoms with Crippen molar-refractivity contribution in [1.29, 1.82) is 0 Å². The Morgan fingerprint density at radius 1 is 1.32 bits per heavy atom. The molecule has 1 aliphatic carbocycles. The molecular weight excluding hydrogens is 306 g/mol. The predicted molar refractivity (Wildman–Crippen MR) is 81.7 cm³/mol. The zero-order valence-corrected chi connectivity index (χ0v) is 12.8. The van der Waals surface area contributed by atoms with E-state index in [2.05, 4.69) is 15.9 Å². The van der Waals surface area contributed by atoms with Crippen molar-refractivity contribution in [2.75, 3.05) is 13.7 Å². The van der Waals surface area contributed by atoms with E-state index in [-0.39, 0.29) is 0 Å². The summed E-state index contributed by atoms with van der Waals surface area (Å²) < 4.78 is 12.4. The molecule has 0 unspecified atom stereocenters. The zero-order valence-electron chi connectivity index (χ0n) is 11.2. The lowest BCUT2D eigenvalue weighted by Crippen LogP contribution is -2.11. The molecule has 0 heterocycles. The van der Waals surface area contributed by atoms with Crippen LogP contribution in [0.25, 0.3) is 6.08 Å². The summed E-state index contributed by atoms with van der Waals surface area (Å²) in [6.45, 7) is 0.523. The second-order valence-electron chi connectivity index (χ2n) is 4.69. The third kappa shape index (κ3) is 3.74. The summed E-state index contributed by atoms with van der Waals surface area (Å²) in [4.78, 5) is 0. The highest BCUT2D eigenvalue weighted by Crippen LogP contribution is 2.36. The maximum absolute atomic E-state index is 6.03. The summed E-state index contributed by atoms with van der Waals surface area (Å²) in [5.41, 5.74) is 6.52. The number of benzene rings is 1. The van der Waals surface area contributed by atoms with Crippen molar-refractivity contribution in [3.05, 3.63) is 28.2 Å². The van der Waals surface area contributed by atoms with Gasteiger partial charge in [0.2, 0.25) is 0 Å². The van der Waals surface area contributed by atoms with Crippen molar-refractivity contribution in [1.82, 2.24) is 0 Å². The lowest BCUT2D eigenvalue weighted by atomic mass is 10.2. The van der Waals surface area contributed by atoms with Gasteiger partial charge in [-0.2, -0.15) is 0 Å². The lowest BCUT2D eigenvalue weighted by molar-refractivity contribution is 0.200. The Labute approximate surface area is 122 Å². The first-order chi connectivity index (χ1) is 9.24. The Kier molecular flexibility index (Phi) is 5.28. The van der Waals surface area contributed by atoms with Crippen LogP contribution >= 0.6 is 15.9 Å². The standard InChI is InChI=1S/C15H20BrNO2/c1-18-14-9-11(5-4-8-17)13(16)10-15(14)19-12-6-2-3-7-12/h4-5,9-10,12H,2-3,6-8,17H2,1H3/b5-4+. The van der Waals surface area contributed by atoms with E-state index < -0.39 is 0 Å². The molecule has 1 aromatic carbocycles. The highest BCUT2D eigenvalue weighted by atomic mass is 79.9. The van der Waals surface area contributed by atoms with Gasteiger partial charge >= 0.3 is 0 Å². The van der Waals surface area contributed by atoms with Crippen LogP contribution in [-0.2, 0) is 0 Å². The predicted octanol–water partition coefficient (Wildman–Crippen LogP) is 3.75. The summed E-state index contributed by atoms with van der Waals surface area (Å²) in [6, 6.07) is 3.95. The van der Waals surface area contributed by atoms with Crippen LogP contribution in [0.4, 0.5) is 0 Å². The summed E-state index contributed by atoms with van der Waals surface area (Å²) in [7, 11) is 1.67. The molecule has 2 rings (SSSR count). The molecule has 0 aromatic heterocycles. The summed E-state index contributed by atoms with van der Waals surface area (Å²) in [6.07, 6.45) is 9.00. The van der Waals surface area contributed by atoms with Crippen molar-refractivity contribution in [3.63, 3.8) is 0 Å². The van der Waals surface area contributed by atoms with Gasteiger partial charge in [0.15, 0.2) is 11.5 Å². The molecule has 1 aliphatic rings. The molecule has 1 aromatic rings. The zero-order chi connectivity index (χ0) is 13.7. The molecule has 1 saturated carbocycles. The van der Waals surface area contributed by atoms with E-state index in [1.807, 2.05) is 24.3 Å². The topological polar surface area (TPSA) is 44.5 Å².